The first kappa shape index (κ1) is 10.4. The molecule has 0 spiro atoms. The summed E-state index contributed by atoms with van der Waals surface area (Å²) in [4.78, 5) is 0. The first-order valence-corrected chi connectivity index (χ1v) is 4.46. The summed E-state index contributed by atoms with van der Waals surface area (Å²) < 4.78 is 32.1. The van der Waals surface area contributed by atoms with E-state index in [9.17, 15) is 8.78 Å². The molecule has 3 N–H and O–H groups in total. The maximum absolute atomic E-state index is 13.8. The predicted molar refractivity (Wildman–Crippen MR) is 54.9 cm³/mol. The Hall–Kier alpha value is -2.11. The monoisotopic (exact) mass is 225 g/mol. The molecule has 0 aliphatic heterocycles. The van der Waals surface area contributed by atoms with Crippen molar-refractivity contribution in [1.82, 2.24) is 10.2 Å². The van der Waals surface area contributed by atoms with Crippen LogP contribution >= 0.6 is 0 Å². The smallest absolute Gasteiger partial charge is 0.175 e. The van der Waals surface area contributed by atoms with E-state index in [0.717, 1.165) is 6.07 Å². The van der Waals surface area contributed by atoms with Gasteiger partial charge in [0.2, 0.25) is 0 Å². The van der Waals surface area contributed by atoms with Crippen molar-refractivity contribution in [2.75, 3.05) is 12.8 Å². The molecule has 0 saturated carbocycles. The zero-order valence-corrected chi connectivity index (χ0v) is 8.42. The number of H-pyrrole nitrogens is 1. The number of anilines is 1. The molecule has 0 radical (unpaired) electrons. The third-order valence-electron chi connectivity index (χ3n) is 2.21. The summed E-state index contributed by atoms with van der Waals surface area (Å²) >= 11 is 0. The minimum absolute atomic E-state index is 0.0444. The number of halogens is 2. The number of nitrogens with zero attached hydrogens (tertiary/aromatic N) is 1. The van der Waals surface area contributed by atoms with Gasteiger partial charge in [-0.1, -0.05) is 0 Å². The minimum Gasteiger partial charge on any atom is -0.494 e. The van der Waals surface area contributed by atoms with Gasteiger partial charge < -0.3 is 10.5 Å². The summed E-state index contributed by atoms with van der Waals surface area (Å²) in [5.74, 6) is -1.45. The predicted octanol–water partition coefficient (Wildman–Crippen LogP) is 1.95. The number of nitrogen functional groups attached to an aromatic ring is 1. The summed E-state index contributed by atoms with van der Waals surface area (Å²) in [5.41, 5.74) is 5.44. The highest BCUT2D eigenvalue weighted by molar-refractivity contribution is 5.75. The lowest BCUT2D eigenvalue weighted by Gasteiger charge is -2.07. The molecule has 0 amide bonds. The topological polar surface area (TPSA) is 63.9 Å². The number of hydrogen-bond acceptors (Lipinski definition) is 3. The van der Waals surface area contributed by atoms with Crippen molar-refractivity contribution in [2.45, 2.75) is 0 Å². The number of hydrogen-bond donors (Lipinski definition) is 2. The highest BCUT2D eigenvalue weighted by Crippen LogP contribution is 2.33. The average Bonchev–Trinajstić information content (AvgIpc) is 2.66. The van der Waals surface area contributed by atoms with Crippen LogP contribution in [0.1, 0.15) is 0 Å². The summed E-state index contributed by atoms with van der Waals surface area (Å²) in [5, 5.41) is 6.02. The molecule has 2 aromatic rings. The zero-order valence-electron chi connectivity index (χ0n) is 8.42. The molecule has 2 rings (SSSR count). The van der Waals surface area contributed by atoms with E-state index in [0.29, 0.717) is 0 Å². The average molecular weight is 225 g/mol. The Morgan fingerprint density at radius 1 is 1.38 bits per heavy atom. The lowest BCUT2D eigenvalue weighted by Crippen LogP contribution is -1.96. The second-order valence-corrected chi connectivity index (χ2v) is 3.14. The van der Waals surface area contributed by atoms with Crippen LogP contribution in [-0.4, -0.2) is 17.3 Å². The molecular weight excluding hydrogens is 216 g/mol. The molecule has 0 saturated heterocycles. The van der Waals surface area contributed by atoms with E-state index in [1.807, 2.05) is 0 Å². The maximum atomic E-state index is 13.8. The summed E-state index contributed by atoms with van der Waals surface area (Å²) in [6.45, 7) is 0. The molecule has 1 aromatic heterocycles. The fourth-order valence-electron chi connectivity index (χ4n) is 1.43. The molecule has 4 nitrogen and oxygen atoms in total. The SMILES string of the molecule is COc1ccc(F)c(-c2cn[nH]c2N)c1F. The van der Waals surface area contributed by atoms with E-state index < -0.39 is 11.6 Å². The van der Waals surface area contributed by atoms with Crippen LogP contribution in [0.3, 0.4) is 0 Å². The number of aromatic amines is 1. The Labute approximate surface area is 90.0 Å². The Balaban J connectivity index is 2.69. The van der Waals surface area contributed by atoms with Gasteiger partial charge in [-0.2, -0.15) is 5.10 Å². The summed E-state index contributed by atoms with van der Waals surface area (Å²) in [6.07, 6.45) is 1.26. The molecule has 84 valence electrons. The van der Waals surface area contributed by atoms with Crippen LogP contribution in [0.15, 0.2) is 18.3 Å². The second kappa shape index (κ2) is 3.80. The Kier molecular flexibility index (Phi) is 2.47. The van der Waals surface area contributed by atoms with Gasteiger partial charge in [0.25, 0.3) is 0 Å². The zero-order chi connectivity index (χ0) is 11.7. The molecule has 0 bridgehead atoms. The van der Waals surface area contributed by atoms with Crippen molar-refractivity contribution in [3.05, 3.63) is 30.0 Å². The van der Waals surface area contributed by atoms with Crippen molar-refractivity contribution in [2.24, 2.45) is 0 Å². The van der Waals surface area contributed by atoms with Crippen LogP contribution in [0.4, 0.5) is 14.6 Å². The van der Waals surface area contributed by atoms with E-state index in [2.05, 4.69) is 10.2 Å². The molecular formula is C10H9F2N3O. The number of nitrogens with two attached hydrogens (primary N) is 1. The number of rotatable bonds is 2. The lowest BCUT2D eigenvalue weighted by atomic mass is 10.1. The highest BCUT2D eigenvalue weighted by Gasteiger charge is 2.18. The molecule has 0 unspecified atom stereocenters. The molecule has 0 aliphatic rings. The first-order chi connectivity index (χ1) is 7.65. The molecule has 1 aromatic carbocycles. The maximum Gasteiger partial charge on any atom is 0.175 e. The Morgan fingerprint density at radius 2 is 2.12 bits per heavy atom. The molecule has 0 fully saturated rings. The van der Waals surface area contributed by atoms with Gasteiger partial charge in [0, 0.05) is 5.56 Å². The van der Waals surface area contributed by atoms with Crippen LogP contribution in [0.25, 0.3) is 11.1 Å². The van der Waals surface area contributed by atoms with Gasteiger partial charge in [0.15, 0.2) is 11.6 Å². The van der Waals surface area contributed by atoms with E-state index >= 15 is 0 Å². The van der Waals surface area contributed by atoms with Gasteiger partial charge in [0.1, 0.15) is 11.6 Å². The molecule has 6 heteroatoms. The fourth-order valence-corrected chi connectivity index (χ4v) is 1.43. The van der Waals surface area contributed by atoms with Crippen molar-refractivity contribution >= 4 is 5.82 Å². The van der Waals surface area contributed by atoms with Crippen LogP contribution in [-0.2, 0) is 0 Å². The second-order valence-electron chi connectivity index (χ2n) is 3.14. The number of benzene rings is 1. The minimum atomic E-state index is -0.796. The quantitative estimate of drug-likeness (QED) is 0.820. The van der Waals surface area contributed by atoms with Gasteiger partial charge >= 0.3 is 0 Å². The van der Waals surface area contributed by atoms with Gasteiger partial charge in [-0.05, 0) is 12.1 Å². The van der Waals surface area contributed by atoms with Crippen molar-refractivity contribution < 1.29 is 13.5 Å². The van der Waals surface area contributed by atoms with E-state index in [-0.39, 0.29) is 22.7 Å². The van der Waals surface area contributed by atoms with Crippen molar-refractivity contribution in [3.8, 4) is 16.9 Å². The molecule has 1 heterocycles. The van der Waals surface area contributed by atoms with E-state index in [4.69, 9.17) is 10.5 Å². The fraction of sp³-hybridized carbons (Fsp3) is 0.100. The Bertz CT molecular complexity index is 525. The van der Waals surface area contributed by atoms with Crippen LogP contribution in [0, 0.1) is 11.6 Å². The van der Waals surface area contributed by atoms with Gasteiger partial charge in [-0.15, -0.1) is 0 Å². The van der Waals surface area contributed by atoms with Gasteiger partial charge in [-0.3, -0.25) is 5.10 Å². The molecule has 0 aliphatic carbocycles. The molecule has 0 atom stereocenters. The number of nitrogens with one attached hydrogen (secondary N) is 1. The van der Waals surface area contributed by atoms with Crippen molar-refractivity contribution in [3.63, 3.8) is 0 Å². The van der Waals surface area contributed by atoms with Gasteiger partial charge in [0.05, 0.1) is 18.9 Å². The molecule has 16 heavy (non-hydrogen) atoms. The number of ether oxygens (including phenoxy) is 1. The van der Waals surface area contributed by atoms with Gasteiger partial charge in [-0.25, -0.2) is 8.78 Å². The number of aromatic nitrogens is 2. The number of methoxy groups -OCH3 is 1. The standard InChI is InChI=1S/C10H9F2N3O/c1-16-7-3-2-6(11)8(9(7)12)5-4-14-15-10(5)13/h2-4H,1H3,(H3,13,14,15). The summed E-state index contributed by atoms with van der Waals surface area (Å²) in [7, 11) is 1.30. The Morgan fingerprint density at radius 3 is 2.69 bits per heavy atom. The summed E-state index contributed by atoms with van der Waals surface area (Å²) in [6, 6.07) is 2.33. The largest absolute Gasteiger partial charge is 0.494 e. The van der Waals surface area contributed by atoms with Crippen molar-refractivity contribution in [1.29, 1.82) is 0 Å². The third-order valence-corrected chi connectivity index (χ3v) is 2.21. The normalized spacial score (nSPS) is 10.4. The first-order valence-electron chi connectivity index (χ1n) is 4.46. The third kappa shape index (κ3) is 1.48. The van der Waals surface area contributed by atoms with Crippen LogP contribution < -0.4 is 10.5 Å². The van der Waals surface area contributed by atoms with Crippen LogP contribution in [0.5, 0.6) is 5.75 Å². The van der Waals surface area contributed by atoms with Crippen LogP contribution in [0.2, 0.25) is 0 Å². The lowest BCUT2D eigenvalue weighted by molar-refractivity contribution is 0.385. The van der Waals surface area contributed by atoms with E-state index in [1.165, 1.54) is 19.4 Å². The highest BCUT2D eigenvalue weighted by atomic mass is 19.1. The van der Waals surface area contributed by atoms with E-state index in [1.54, 1.807) is 0 Å².